The van der Waals surface area contributed by atoms with Gasteiger partial charge in [-0.05, 0) is 51.2 Å². The van der Waals surface area contributed by atoms with E-state index in [4.69, 9.17) is 9.47 Å². The lowest BCUT2D eigenvalue weighted by molar-refractivity contribution is -0.154. The van der Waals surface area contributed by atoms with Gasteiger partial charge < -0.3 is 19.7 Å². The number of nitrogens with zero attached hydrogens (tertiary/aromatic N) is 1. The second kappa shape index (κ2) is 13.0. The molecule has 1 saturated heterocycles. The third kappa shape index (κ3) is 9.04. The number of hydrogen-bond donors (Lipinski definition) is 1. The second-order valence-electron chi connectivity index (χ2n) is 10.2. The van der Waals surface area contributed by atoms with Crippen LogP contribution < -0.4 is 5.32 Å². The maximum Gasteiger partial charge on any atom is 0.408 e. The molecule has 0 saturated carbocycles. The van der Waals surface area contributed by atoms with Crippen molar-refractivity contribution < 1.29 is 28.7 Å². The molecule has 2 aromatic carbocycles. The lowest BCUT2D eigenvalue weighted by atomic mass is 9.99. The van der Waals surface area contributed by atoms with Crippen molar-refractivity contribution in [3.05, 3.63) is 71.8 Å². The Morgan fingerprint density at radius 2 is 1.57 bits per heavy atom. The van der Waals surface area contributed by atoms with Crippen LogP contribution in [0, 0.1) is 0 Å². The third-order valence-corrected chi connectivity index (χ3v) is 6.02. The number of rotatable bonds is 10. The number of carbonyl (C=O) groups is 4. The van der Waals surface area contributed by atoms with Crippen LogP contribution in [-0.2, 0) is 36.9 Å². The van der Waals surface area contributed by atoms with Crippen molar-refractivity contribution in [3.63, 3.8) is 0 Å². The van der Waals surface area contributed by atoms with E-state index < -0.39 is 29.7 Å². The molecule has 1 aliphatic rings. The molecule has 37 heavy (non-hydrogen) atoms. The lowest BCUT2D eigenvalue weighted by Gasteiger charge is -2.25. The van der Waals surface area contributed by atoms with Crippen LogP contribution in [0.3, 0.4) is 0 Å². The van der Waals surface area contributed by atoms with Crippen LogP contribution in [0.4, 0.5) is 4.79 Å². The van der Waals surface area contributed by atoms with Crippen LogP contribution >= 0.6 is 0 Å². The number of carbonyl (C=O) groups excluding carboxylic acids is 4. The molecule has 1 unspecified atom stereocenters. The van der Waals surface area contributed by atoms with E-state index in [0.717, 1.165) is 11.1 Å². The van der Waals surface area contributed by atoms with E-state index >= 15 is 0 Å². The maximum atomic E-state index is 13.1. The number of likely N-dealkylation sites (tertiary alicyclic amines) is 1. The van der Waals surface area contributed by atoms with Gasteiger partial charge in [0.25, 0.3) is 0 Å². The second-order valence-corrected chi connectivity index (χ2v) is 10.2. The summed E-state index contributed by atoms with van der Waals surface area (Å²) in [6.07, 6.45) is 0.711. The van der Waals surface area contributed by atoms with Gasteiger partial charge in [-0.3, -0.25) is 9.59 Å². The summed E-state index contributed by atoms with van der Waals surface area (Å²) in [5.41, 5.74) is 1.04. The zero-order chi connectivity index (χ0) is 26.8. The highest BCUT2D eigenvalue weighted by atomic mass is 16.6. The fraction of sp³-hybridized carbons (Fsp3) is 0.448. The predicted octanol–water partition coefficient (Wildman–Crippen LogP) is 4.21. The number of nitrogens with one attached hydrogen (secondary N) is 1. The Morgan fingerprint density at radius 3 is 2.19 bits per heavy atom. The van der Waals surface area contributed by atoms with Crippen molar-refractivity contribution in [2.45, 2.75) is 77.2 Å². The Kier molecular flexibility index (Phi) is 9.83. The van der Waals surface area contributed by atoms with Gasteiger partial charge in [0, 0.05) is 19.4 Å². The fourth-order valence-corrected chi connectivity index (χ4v) is 4.23. The SMILES string of the molecule is CC(C)(C)OC(=O)NC(Cc1ccccc1)C(=O)CCC(=O)N1CCC[C@H]1C(=O)OCc1ccccc1. The Bertz CT molecular complexity index is 1060. The molecule has 3 rings (SSSR count). The summed E-state index contributed by atoms with van der Waals surface area (Å²) < 4.78 is 10.8. The van der Waals surface area contributed by atoms with Gasteiger partial charge in [-0.1, -0.05) is 60.7 Å². The van der Waals surface area contributed by atoms with E-state index in [1.807, 2.05) is 60.7 Å². The highest BCUT2D eigenvalue weighted by molar-refractivity contribution is 5.92. The van der Waals surface area contributed by atoms with Crippen LogP contribution in [0.1, 0.15) is 57.6 Å². The van der Waals surface area contributed by atoms with Gasteiger partial charge in [0.1, 0.15) is 18.2 Å². The van der Waals surface area contributed by atoms with Gasteiger partial charge in [0.15, 0.2) is 5.78 Å². The molecule has 8 nitrogen and oxygen atoms in total. The number of ether oxygens (including phenoxy) is 2. The summed E-state index contributed by atoms with van der Waals surface area (Å²) in [6, 6.07) is 17.2. The van der Waals surface area contributed by atoms with Gasteiger partial charge >= 0.3 is 12.1 Å². The normalized spacial score (nSPS) is 16.1. The van der Waals surface area contributed by atoms with Crippen LogP contribution in [0.5, 0.6) is 0 Å². The summed E-state index contributed by atoms with van der Waals surface area (Å²) in [7, 11) is 0. The van der Waals surface area contributed by atoms with Crippen molar-refractivity contribution in [3.8, 4) is 0 Å². The van der Waals surface area contributed by atoms with Crippen LogP contribution in [0.25, 0.3) is 0 Å². The summed E-state index contributed by atoms with van der Waals surface area (Å²) in [4.78, 5) is 52.7. The molecular weight excluding hydrogens is 472 g/mol. The van der Waals surface area contributed by atoms with E-state index in [1.165, 1.54) is 4.90 Å². The number of Topliss-reactive ketones (excluding diaryl/α,β-unsaturated/α-hetero) is 1. The van der Waals surface area contributed by atoms with E-state index in [-0.39, 0.29) is 37.6 Å². The third-order valence-electron chi connectivity index (χ3n) is 6.02. The van der Waals surface area contributed by atoms with Gasteiger partial charge in [0.2, 0.25) is 5.91 Å². The number of benzene rings is 2. The summed E-state index contributed by atoms with van der Waals surface area (Å²) >= 11 is 0. The molecule has 8 heteroatoms. The monoisotopic (exact) mass is 508 g/mol. The van der Waals surface area contributed by atoms with Crippen molar-refractivity contribution in [1.29, 1.82) is 0 Å². The number of amides is 2. The zero-order valence-corrected chi connectivity index (χ0v) is 21.8. The minimum atomic E-state index is -0.838. The molecule has 2 amide bonds. The average molecular weight is 509 g/mol. The molecule has 0 radical (unpaired) electrons. The minimum absolute atomic E-state index is 0.0530. The first-order chi connectivity index (χ1) is 17.6. The maximum absolute atomic E-state index is 13.1. The number of alkyl carbamates (subject to hydrolysis) is 1. The summed E-state index contributed by atoms with van der Waals surface area (Å²) in [5.74, 6) is -0.983. The fourth-order valence-electron chi connectivity index (χ4n) is 4.23. The first-order valence-electron chi connectivity index (χ1n) is 12.7. The Labute approximate surface area is 218 Å². The number of ketones is 1. The van der Waals surface area contributed by atoms with Crippen LogP contribution in [0.15, 0.2) is 60.7 Å². The van der Waals surface area contributed by atoms with Crippen molar-refractivity contribution >= 4 is 23.8 Å². The smallest absolute Gasteiger partial charge is 0.408 e. The predicted molar refractivity (Wildman–Crippen MR) is 139 cm³/mol. The van der Waals surface area contributed by atoms with Crippen molar-refractivity contribution in [2.75, 3.05) is 6.54 Å². The molecule has 0 bridgehead atoms. The van der Waals surface area contributed by atoms with E-state index in [9.17, 15) is 19.2 Å². The van der Waals surface area contributed by atoms with Crippen molar-refractivity contribution in [1.82, 2.24) is 10.2 Å². The number of hydrogen-bond acceptors (Lipinski definition) is 6. The van der Waals surface area contributed by atoms with Crippen molar-refractivity contribution in [2.24, 2.45) is 0 Å². The largest absolute Gasteiger partial charge is 0.459 e. The Morgan fingerprint density at radius 1 is 0.946 bits per heavy atom. The van der Waals surface area contributed by atoms with E-state index in [0.29, 0.717) is 19.4 Å². The van der Waals surface area contributed by atoms with Gasteiger partial charge in [-0.15, -0.1) is 0 Å². The molecule has 2 atom stereocenters. The molecule has 0 aromatic heterocycles. The van der Waals surface area contributed by atoms with Crippen LogP contribution in [-0.4, -0.2) is 52.9 Å². The first kappa shape index (κ1) is 27.9. The molecular formula is C29H36N2O6. The molecule has 1 aliphatic heterocycles. The first-order valence-corrected chi connectivity index (χ1v) is 12.7. The highest BCUT2D eigenvalue weighted by Crippen LogP contribution is 2.21. The van der Waals surface area contributed by atoms with Gasteiger partial charge in [-0.25, -0.2) is 9.59 Å². The quantitative estimate of drug-likeness (QED) is 0.483. The Hall–Kier alpha value is -3.68. The lowest BCUT2D eigenvalue weighted by Crippen LogP contribution is -2.45. The zero-order valence-electron chi connectivity index (χ0n) is 21.8. The number of esters is 1. The Balaban J connectivity index is 1.57. The highest BCUT2D eigenvalue weighted by Gasteiger charge is 2.35. The van der Waals surface area contributed by atoms with Crippen LogP contribution in [0.2, 0.25) is 0 Å². The molecule has 2 aromatic rings. The molecule has 0 spiro atoms. The van der Waals surface area contributed by atoms with Gasteiger partial charge in [0.05, 0.1) is 6.04 Å². The minimum Gasteiger partial charge on any atom is -0.459 e. The molecule has 0 aliphatic carbocycles. The topological polar surface area (TPSA) is 102 Å². The van der Waals surface area contributed by atoms with Gasteiger partial charge in [-0.2, -0.15) is 0 Å². The standard InChI is InChI=1S/C29H36N2O6/c1-29(2,3)37-28(35)30-23(19-21-11-6-4-7-12-21)25(32)16-17-26(33)31-18-10-15-24(31)27(34)36-20-22-13-8-5-9-14-22/h4-9,11-14,23-24H,10,15-20H2,1-3H3,(H,30,35)/t23?,24-/m0/s1. The van der Waals surface area contributed by atoms with E-state index in [1.54, 1.807) is 20.8 Å². The average Bonchev–Trinajstić information content (AvgIpc) is 3.36. The summed E-state index contributed by atoms with van der Waals surface area (Å²) in [6.45, 7) is 5.83. The molecule has 1 heterocycles. The van der Waals surface area contributed by atoms with E-state index in [2.05, 4.69) is 5.32 Å². The molecule has 1 fully saturated rings. The molecule has 198 valence electrons. The summed E-state index contributed by atoms with van der Waals surface area (Å²) in [5, 5.41) is 2.66. The molecule has 1 N–H and O–H groups in total.